The Hall–Kier alpha value is -1.62. The molecule has 1 aromatic heterocycles. The molecule has 19 heavy (non-hydrogen) atoms. The van der Waals surface area contributed by atoms with E-state index in [9.17, 15) is 4.79 Å². The zero-order valence-electron chi connectivity index (χ0n) is 11.2. The highest BCUT2D eigenvalue weighted by atomic mass is 79.9. The van der Waals surface area contributed by atoms with Gasteiger partial charge in [-0.25, -0.2) is 4.98 Å². The average Bonchev–Trinajstić information content (AvgIpc) is 2.36. The number of nitrogens with zero attached hydrogens (tertiary/aromatic N) is 2. The molecule has 0 aliphatic carbocycles. The van der Waals surface area contributed by atoms with Gasteiger partial charge in [0, 0.05) is 17.1 Å². The van der Waals surface area contributed by atoms with E-state index in [-0.39, 0.29) is 11.5 Å². The maximum atomic E-state index is 11.9. The van der Waals surface area contributed by atoms with Gasteiger partial charge in [0.1, 0.15) is 0 Å². The standard InChI is InChI=1S/C14H18BrN3O/c1-5-11(8-9(2)15)6-7-12-10(3)13(19)18(4)14(16)17-12/h5,8H,1-2,6-7H2,3-4H3,(H2,16,17)/b11-8+. The molecule has 0 atom stereocenters. The zero-order valence-corrected chi connectivity index (χ0v) is 12.8. The molecule has 1 rings (SSSR count). The molecule has 102 valence electrons. The Bertz CT molecular complexity index is 599. The third kappa shape index (κ3) is 3.92. The number of nitrogens with two attached hydrogens (primary N) is 1. The molecule has 1 heterocycles. The number of rotatable bonds is 5. The molecule has 4 nitrogen and oxygen atoms in total. The topological polar surface area (TPSA) is 60.9 Å². The number of halogens is 1. The van der Waals surface area contributed by atoms with Gasteiger partial charge in [-0.3, -0.25) is 9.36 Å². The van der Waals surface area contributed by atoms with Crippen LogP contribution in [0.1, 0.15) is 17.7 Å². The molecule has 0 radical (unpaired) electrons. The third-order valence-corrected chi connectivity index (χ3v) is 3.14. The Morgan fingerprint density at radius 3 is 2.74 bits per heavy atom. The van der Waals surface area contributed by atoms with Gasteiger partial charge in [-0.05, 0) is 31.4 Å². The number of allylic oxidation sites excluding steroid dienone is 4. The first-order valence-corrected chi connectivity index (χ1v) is 6.65. The summed E-state index contributed by atoms with van der Waals surface area (Å²) < 4.78 is 2.14. The number of nitrogen functional groups attached to an aromatic ring is 1. The molecule has 0 amide bonds. The van der Waals surface area contributed by atoms with Crippen molar-refractivity contribution in [3.05, 3.63) is 57.0 Å². The Labute approximate surface area is 121 Å². The van der Waals surface area contributed by atoms with Crippen LogP contribution in [0.2, 0.25) is 0 Å². The highest BCUT2D eigenvalue weighted by Gasteiger charge is 2.09. The molecule has 0 aromatic carbocycles. The molecule has 0 saturated heterocycles. The van der Waals surface area contributed by atoms with Crippen LogP contribution in [-0.4, -0.2) is 9.55 Å². The quantitative estimate of drug-likeness (QED) is 0.847. The van der Waals surface area contributed by atoms with Gasteiger partial charge >= 0.3 is 0 Å². The molecule has 5 heteroatoms. The second-order valence-electron chi connectivity index (χ2n) is 4.28. The molecular weight excluding hydrogens is 306 g/mol. The van der Waals surface area contributed by atoms with Gasteiger partial charge in [-0.2, -0.15) is 0 Å². The third-order valence-electron chi connectivity index (χ3n) is 2.91. The van der Waals surface area contributed by atoms with E-state index in [1.165, 1.54) is 4.57 Å². The SMILES string of the molecule is C=C/C(=C\C(=C)Br)CCc1nc(N)n(C)c(=O)c1C. The second kappa shape index (κ2) is 6.52. The van der Waals surface area contributed by atoms with Crippen molar-refractivity contribution < 1.29 is 0 Å². The minimum Gasteiger partial charge on any atom is -0.369 e. The van der Waals surface area contributed by atoms with E-state index in [4.69, 9.17) is 5.73 Å². The van der Waals surface area contributed by atoms with Crippen LogP contribution < -0.4 is 11.3 Å². The first-order valence-electron chi connectivity index (χ1n) is 5.86. The van der Waals surface area contributed by atoms with Crippen LogP contribution in [0.15, 0.2) is 40.2 Å². The normalized spacial score (nSPS) is 11.4. The predicted molar refractivity (Wildman–Crippen MR) is 83.3 cm³/mol. The van der Waals surface area contributed by atoms with Gasteiger partial charge in [0.15, 0.2) is 0 Å². The van der Waals surface area contributed by atoms with Crippen molar-refractivity contribution in [2.24, 2.45) is 7.05 Å². The molecule has 0 aliphatic heterocycles. The minimum atomic E-state index is -0.100. The fourth-order valence-corrected chi connectivity index (χ4v) is 2.01. The molecule has 0 spiro atoms. The zero-order chi connectivity index (χ0) is 14.6. The van der Waals surface area contributed by atoms with E-state index in [0.29, 0.717) is 12.0 Å². The van der Waals surface area contributed by atoms with Gasteiger partial charge in [-0.15, -0.1) is 0 Å². The summed E-state index contributed by atoms with van der Waals surface area (Å²) in [6, 6.07) is 0. The van der Waals surface area contributed by atoms with Crippen LogP contribution in [0, 0.1) is 6.92 Å². The van der Waals surface area contributed by atoms with Gasteiger partial charge in [0.2, 0.25) is 5.95 Å². The summed E-state index contributed by atoms with van der Waals surface area (Å²) in [7, 11) is 1.62. The maximum absolute atomic E-state index is 11.9. The van der Waals surface area contributed by atoms with Crippen molar-refractivity contribution >= 4 is 21.9 Å². The summed E-state index contributed by atoms with van der Waals surface area (Å²) >= 11 is 3.28. The first kappa shape index (κ1) is 15.4. The smallest absolute Gasteiger partial charge is 0.257 e. The summed E-state index contributed by atoms with van der Waals surface area (Å²) in [6.45, 7) is 9.28. The van der Waals surface area contributed by atoms with Crippen molar-refractivity contribution in [2.75, 3.05) is 5.73 Å². The lowest BCUT2D eigenvalue weighted by molar-refractivity contribution is 0.790. The lowest BCUT2D eigenvalue weighted by Gasteiger charge is -2.09. The molecule has 0 fully saturated rings. The fourth-order valence-electron chi connectivity index (χ4n) is 1.72. The number of hydrogen-bond donors (Lipinski definition) is 1. The largest absolute Gasteiger partial charge is 0.369 e. The first-order chi connectivity index (χ1) is 8.86. The Morgan fingerprint density at radius 2 is 2.21 bits per heavy atom. The number of aryl methyl sites for hydroxylation is 1. The van der Waals surface area contributed by atoms with Crippen molar-refractivity contribution in [3.63, 3.8) is 0 Å². The summed E-state index contributed by atoms with van der Waals surface area (Å²) in [6.07, 6.45) is 5.04. The Morgan fingerprint density at radius 1 is 1.58 bits per heavy atom. The van der Waals surface area contributed by atoms with Crippen molar-refractivity contribution in [1.29, 1.82) is 0 Å². The highest BCUT2D eigenvalue weighted by molar-refractivity contribution is 9.11. The molecule has 1 aromatic rings. The van der Waals surface area contributed by atoms with Gasteiger partial charge < -0.3 is 5.73 Å². The lowest BCUT2D eigenvalue weighted by Crippen LogP contribution is -2.25. The summed E-state index contributed by atoms with van der Waals surface area (Å²) in [4.78, 5) is 16.2. The molecule has 0 aliphatic rings. The van der Waals surface area contributed by atoms with Crippen LogP contribution in [0.5, 0.6) is 0 Å². The van der Waals surface area contributed by atoms with E-state index >= 15 is 0 Å². The monoisotopic (exact) mass is 323 g/mol. The number of anilines is 1. The minimum absolute atomic E-state index is 0.100. The molecule has 0 unspecified atom stereocenters. The molecule has 0 saturated carbocycles. The van der Waals surface area contributed by atoms with Crippen molar-refractivity contribution in [2.45, 2.75) is 19.8 Å². The van der Waals surface area contributed by atoms with E-state index in [0.717, 1.165) is 22.2 Å². The van der Waals surface area contributed by atoms with E-state index in [1.54, 1.807) is 20.0 Å². The molecule has 2 N–H and O–H groups in total. The fraction of sp³-hybridized carbons (Fsp3) is 0.286. The van der Waals surface area contributed by atoms with E-state index in [2.05, 4.69) is 34.1 Å². The van der Waals surface area contributed by atoms with Crippen LogP contribution in [0.4, 0.5) is 5.95 Å². The summed E-state index contributed by atoms with van der Waals surface area (Å²) in [5, 5.41) is 0. The van der Waals surface area contributed by atoms with Crippen molar-refractivity contribution in [3.8, 4) is 0 Å². The van der Waals surface area contributed by atoms with Gasteiger partial charge in [-0.1, -0.05) is 35.2 Å². The van der Waals surface area contributed by atoms with E-state index < -0.39 is 0 Å². The predicted octanol–water partition coefficient (Wildman–Crippen LogP) is 2.62. The van der Waals surface area contributed by atoms with Gasteiger partial charge in [0.25, 0.3) is 5.56 Å². The Kier molecular flexibility index (Phi) is 5.30. The average molecular weight is 324 g/mol. The summed E-state index contributed by atoms with van der Waals surface area (Å²) in [5.41, 5.74) is 8.00. The number of aromatic nitrogens is 2. The molecule has 0 bridgehead atoms. The highest BCUT2D eigenvalue weighted by Crippen LogP contribution is 2.15. The molecular formula is C14H18BrN3O. The van der Waals surface area contributed by atoms with Crippen molar-refractivity contribution in [1.82, 2.24) is 9.55 Å². The van der Waals surface area contributed by atoms with Crippen LogP contribution in [0.25, 0.3) is 0 Å². The van der Waals surface area contributed by atoms with Crippen LogP contribution in [-0.2, 0) is 13.5 Å². The van der Waals surface area contributed by atoms with E-state index in [1.807, 2.05) is 6.08 Å². The van der Waals surface area contributed by atoms with Crippen LogP contribution >= 0.6 is 15.9 Å². The number of hydrogen-bond acceptors (Lipinski definition) is 3. The second-order valence-corrected chi connectivity index (χ2v) is 5.29. The van der Waals surface area contributed by atoms with Gasteiger partial charge in [0.05, 0.1) is 5.69 Å². The Balaban J connectivity index is 2.99. The van der Waals surface area contributed by atoms with Crippen LogP contribution in [0.3, 0.4) is 0 Å². The maximum Gasteiger partial charge on any atom is 0.257 e. The summed E-state index contributed by atoms with van der Waals surface area (Å²) in [5.74, 6) is 0.236. The lowest BCUT2D eigenvalue weighted by atomic mass is 10.1.